The Bertz CT molecular complexity index is 431. The zero-order valence-corrected chi connectivity index (χ0v) is 9.14. The summed E-state index contributed by atoms with van der Waals surface area (Å²) < 4.78 is 0. The van der Waals surface area contributed by atoms with Crippen molar-refractivity contribution in [2.24, 2.45) is 0 Å². The average molecular weight is 235 g/mol. The number of hydrogen-bond acceptors (Lipinski definition) is 5. The maximum absolute atomic E-state index is 11.6. The second-order valence-electron chi connectivity index (χ2n) is 3.86. The number of rotatable bonds is 3. The highest BCUT2D eigenvalue weighted by Crippen LogP contribution is 2.05. The molecule has 1 aliphatic rings. The van der Waals surface area contributed by atoms with Gasteiger partial charge in [0.25, 0.3) is 5.91 Å². The smallest absolute Gasteiger partial charge is 0.271 e. The zero-order chi connectivity index (χ0) is 12.3. The van der Waals surface area contributed by atoms with Gasteiger partial charge in [-0.1, -0.05) is 0 Å². The number of nitrogens with two attached hydrogens (primary N) is 1. The number of aromatic nitrogens is 2. The van der Waals surface area contributed by atoms with Crippen LogP contribution < -0.4 is 16.4 Å². The molecule has 2 heterocycles. The van der Waals surface area contributed by atoms with Crippen molar-refractivity contribution in [2.45, 2.75) is 18.9 Å². The standard InChI is InChI=1S/C10H13N5O2/c11-8-3-2-7(14-15-8)10(17)12-5-6-1-4-9(16)13-6/h2-3,6H,1,4-5H2,(H2,11,15)(H,12,17)(H,13,16). The van der Waals surface area contributed by atoms with Gasteiger partial charge in [-0.2, -0.15) is 0 Å². The predicted molar refractivity (Wildman–Crippen MR) is 59.9 cm³/mol. The van der Waals surface area contributed by atoms with Crippen molar-refractivity contribution in [1.82, 2.24) is 20.8 Å². The van der Waals surface area contributed by atoms with Crippen molar-refractivity contribution in [3.8, 4) is 0 Å². The van der Waals surface area contributed by atoms with Crippen LogP contribution in [0.15, 0.2) is 12.1 Å². The van der Waals surface area contributed by atoms with Gasteiger partial charge in [-0.15, -0.1) is 10.2 Å². The molecule has 1 saturated heterocycles. The van der Waals surface area contributed by atoms with E-state index in [4.69, 9.17) is 5.73 Å². The molecular formula is C10H13N5O2. The van der Waals surface area contributed by atoms with Crippen LogP contribution in [0.4, 0.5) is 5.82 Å². The fourth-order valence-corrected chi connectivity index (χ4v) is 1.60. The number of nitrogens with zero attached hydrogens (tertiary/aromatic N) is 2. The predicted octanol–water partition coefficient (Wildman–Crippen LogP) is -0.933. The molecule has 2 amide bonds. The van der Waals surface area contributed by atoms with Gasteiger partial charge in [-0.25, -0.2) is 0 Å². The Kier molecular flexibility index (Phi) is 3.17. The lowest BCUT2D eigenvalue weighted by atomic mass is 10.2. The average Bonchev–Trinajstić information content (AvgIpc) is 2.73. The first kappa shape index (κ1) is 11.3. The molecule has 0 spiro atoms. The van der Waals surface area contributed by atoms with Crippen LogP contribution in [-0.2, 0) is 4.79 Å². The summed E-state index contributed by atoms with van der Waals surface area (Å²) in [5.41, 5.74) is 5.57. The van der Waals surface area contributed by atoms with Gasteiger partial charge in [0, 0.05) is 19.0 Å². The molecule has 1 fully saturated rings. The molecule has 1 unspecified atom stereocenters. The van der Waals surface area contributed by atoms with Crippen LogP contribution in [0.5, 0.6) is 0 Å². The quantitative estimate of drug-likeness (QED) is 0.626. The van der Waals surface area contributed by atoms with E-state index in [-0.39, 0.29) is 29.4 Å². The number of carbonyl (C=O) groups excluding carboxylic acids is 2. The SMILES string of the molecule is Nc1ccc(C(=O)NCC2CCC(=O)N2)nn1. The minimum Gasteiger partial charge on any atom is -0.382 e. The topological polar surface area (TPSA) is 110 Å². The van der Waals surface area contributed by atoms with Crippen LogP contribution in [0.1, 0.15) is 23.3 Å². The van der Waals surface area contributed by atoms with Crippen molar-refractivity contribution < 1.29 is 9.59 Å². The van der Waals surface area contributed by atoms with E-state index in [2.05, 4.69) is 20.8 Å². The Hall–Kier alpha value is -2.18. The summed E-state index contributed by atoms with van der Waals surface area (Å²) in [6.45, 7) is 0.399. The van der Waals surface area contributed by atoms with Gasteiger partial charge in [0.2, 0.25) is 5.91 Å². The van der Waals surface area contributed by atoms with Crippen LogP contribution in [0, 0.1) is 0 Å². The van der Waals surface area contributed by atoms with E-state index in [1.807, 2.05) is 0 Å². The van der Waals surface area contributed by atoms with Crippen LogP contribution >= 0.6 is 0 Å². The molecule has 0 aromatic carbocycles. The molecule has 1 aliphatic heterocycles. The minimum atomic E-state index is -0.321. The van der Waals surface area contributed by atoms with Crippen LogP contribution in [0.25, 0.3) is 0 Å². The number of nitrogen functional groups attached to an aromatic ring is 1. The number of nitrogens with one attached hydrogen (secondary N) is 2. The third-order valence-electron chi connectivity index (χ3n) is 2.51. The van der Waals surface area contributed by atoms with Crippen molar-refractivity contribution >= 4 is 17.6 Å². The highest BCUT2D eigenvalue weighted by atomic mass is 16.2. The summed E-state index contributed by atoms with van der Waals surface area (Å²) in [4.78, 5) is 22.6. The summed E-state index contributed by atoms with van der Waals surface area (Å²) in [6, 6.07) is 3.03. The zero-order valence-electron chi connectivity index (χ0n) is 9.14. The molecule has 0 saturated carbocycles. The molecule has 1 aromatic rings. The largest absolute Gasteiger partial charge is 0.382 e. The van der Waals surface area contributed by atoms with E-state index >= 15 is 0 Å². The number of amides is 2. The Morgan fingerprint density at radius 3 is 2.94 bits per heavy atom. The molecule has 17 heavy (non-hydrogen) atoms. The summed E-state index contributed by atoms with van der Waals surface area (Å²) >= 11 is 0. The first-order valence-corrected chi connectivity index (χ1v) is 5.32. The van der Waals surface area contributed by atoms with Gasteiger partial charge < -0.3 is 16.4 Å². The third-order valence-corrected chi connectivity index (χ3v) is 2.51. The maximum Gasteiger partial charge on any atom is 0.271 e. The van der Waals surface area contributed by atoms with E-state index in [1.165, 1.54) is 12.1 Å². The van der Waals surface area contributed by atoms with Crippen molar-refractivity contribution in [3.05, 3.63) is 17.8 Å². The van der Waals surface area contributed by atoms with Gasteiger partial charge in [0.1, 0.15) is 5.82 Å². The summed E-state index contributed by atoms with van der Waals surface area (Å²) in [5, 5.41) is 12.7. The molecule has 7 heteroatoms. The monoisotopic (exact) mass is 235 g/mol. The first-order chi connectivity index (χ1) is 8.15. The highest BCUT2D eigenvalue weighted by Gasteiger charge is 2.21. The Balaban J connectivity index is 1.85. The summed E-state index contributed by atoms with van der Waals surface area (Å²) in [5.74, 6) is -0.0280. The fraction of sp³-hybridized carbons (Fsp3) is 0.400. The van der Waals surface area contributed by atoms with E-state index in [0.29, 0.717) is 13.0 Å². The lowest BCUT2D eigenvalue weighted by Gasteiger charge is -2.10. The maximum atomic E-state index is 11.6. The van der Waals surface area contributed by atoms with E-state index in [0.717, 1.165) is 6.42 Å². The van der Waals surface area contributed by atoms with Gasteiger partial charge >= 0.3 is 0 Å². The summed E-state index contributed by atoms with van der Waals surface area (Å²) in [7, 11) is 0. The van der Waals surface area contributed by atoms with Crippen molar-refractivity contribution in [1.29, 1.82) is 0 Å². The van der Waals surface area contributed by atoms with Crippen molar-refractivity contribution in [3.63, 3.8) is 0 Å². The summed E-state index contributed by atoms with van der Waals surface area (Å²) in [6.07, 6.45) is 1.26. The second kappa shape index (κ2) is 4.77. The normalized spacial score (nSPS) is 18.8. The minimum absolute atomic E-state index is 0.00758. The number of carbonyl (C=O) groups is 2. The first-order valence-electron chi connectivity index (χ1n) is 5.32. The second-order valence-corrected chi connectivity index (χ2v) is 3.86. The molecule has 0 radical (unpaired) electrons. The molecular weight excluding hydrogens is 222 g/mol. The molecule has 7 nitrogen and oxygen atoms in total. The van der Waals surface area contributed by atoms with Crippen LogP contribution in [0.3, 0.4) is 0 Å². The molecule has 0 bridgehead atoms. The Morgan fingerprint density at radius 1 is 1.53 bits per heavy atom. The Labute approximate surface area is 97.8 Å². The molecule has 4 N–H and O–H groups in total. The van der Waals surface area contributed by atoms with E-state index < -0.39 is 0 Å². The molecule has 0 aliphatic carbocycles. The van der Waals surface area contributed by atoms with Gasteiger partial charge in [0.05, 0.1) is 0 Å². The van der Waals surface area contributed by atoms with E-state index in [1.54, 1.807) is 0 Å². The number of anilines is 1. The molecule has 1 atom stereocenters. The van der Waals surface area contributed by atoms with Gasteiger partial charge in [-0.05, 0) is 18.6 Å². The molecule has 1 aromatic heterocycles. The number of hydrogen-bond donors (Lipinski definition) is 3. The fourth-order valence-electron chi connectivity index (χ4n) is 1.60. The third kappa shape index (κ3) is 2.90. The van der Waals surface area contributed by atoms with Crippen molar-refractivity contribution in [2.75, 3.05) is 12.3 Å². The lowest BCUT2D eigenvalue weighted by molar-refractivity contribution is -0.119. The van der Waals surface area contributed by atoms with Crippen LogP contribution in [0.2, 0.25) is 0 Å². The van der Waals surface area contributed by atoms with Crippen LogP contribution in [-0.4, -0.2) is 34.6 Å². The molecule has 2 rings (SSSR count). The van der Waals surface area contributed by atoms with E-state index in [9.17, 15) is 9.59 Å². The van der Waals surface area contributed by atoms with Gasteiger partial charge in [-0.3, -0.25) is 9.59 Å². The highest BCUT2D eigenvalue weighted by molar-refractivity contribution is 5.92. The van der Waals surface area contributed by atoms with Gasteiger partial charge in [0.15, 0.2) is 5.69 Å². The molecule has 90 valence electrons. The Morgan fingerprint density at radius 2 is 2.35 bits per heavy atom. The lowest BCUT2D eigenvalue weighted by Crippen LogP contribution is -2.38.